The first-order valence-electron chi connectivity index (χ1n) is 4.14. The topological polar surface area (TPSA) is 145 Å². The molecule has 0 saturated carbocycles. The van der Waals surface area contributed by atoms with Crippen molar-refractivity contribution in [3.8, 4) is 0 Å². The molecule has 0 bridgehead atoms. The van der Waals surface area contributed by atoms with Crippen molar-refractivity contribution in [1.29, 1.82) is 0 Å². The zero-order valence-electron chi connectivity index (χ0n) is 8.20. The molecule has 15 heavy (non-hydrogen) atoms. The van der Waals surface area contributed by atoms with Crippen LogP contribution in [0.25, 0.3) is 0 Å². The molecule has 0 aromatic heterocycles. The van der Waals surface area contributed by atoms with E-state index in [4.69, 9.17) is 21.5 Å². The van der Waals surface area contributed by atoms with E-state index in [1.807, 2.05) is 0 Å². The van der Waals surface area contributed by atoms with Crippen molar-refractivity contribution in [1.82, 2.24) is 0 Å². The molecule has 0 heterocycles. The summed E-state index contributed by atoms with van der Waals surface area (Å²) in [5.74, 6) is -1.33. The van der Waals surface area contributed by atoms with Gasteiger partial charge in [-0.15, -0.1) is 0 Å². The molecular formula is C6H15N2O6P. The van der Waals surface area contributed by atoms with Gasteiger partial charge in [0.05, 0.1) is 12.7 Å². The Balaban J connectivity index is 4.20. The quantitative estimate of drug-likeness (QED) is 0.410. The Morgan fingerprint density at radius 1 is 1.60 bits per heavy atom. The first kappa shape index (κ1) is 14.5. The average molecular weight is 242 g/mol. The molecule has 0 aliphatic heterocycles. The number of carbonyl (C=O) groups is 1. The number of rotatable bonds is 7. The van der Waals surface area contributed by atoms with Crippen molar-refractivity contribution in [2.75, 3.05) is 13.2 Å². The maximum absolute atomic E-state index is 11.1. The minimum atomic E-state index is -4.28. The SMILES string of the molecule is C[C@H](OP(=O)(O)OCCN)[C@H](N)C(=O)O. The van der Waals surface area contributed by atoms with Crippen molar-refractivity contribution in [2.24, 2.45) is 11.5 Å². The number of hydrogen-bond acceptors (Lipinski definition) is 6. The van der Waals surface area contributed by atoms with Gasteiger partial charge in [-0.05, 0) is 6.92 Å². The lowest BCUT2D eigenvalue weighted by atomic mass is 10.2. The van der Waals surface area contributed by atoms with Crippen LogP contribution in [0.5, 0.6) is 0 Å². The van der Waals surface area contributed by atoms with Crippen molar-refractivity contribution < 1.29 is 28.4 Å². The van der Waals surface area contributed by atoms with Crippen LogP contribution in [0.15, 0.2) is 0 Å². The molecular weight excluding hydrogens is 227 g/mol. The summed E-state index contributed by atoms with van der Waals surface area (Å²) in [5.41, 5.74) is 10.2. The fourth-order valence-electron chi connectivity index (χ4n) is 0.675. The maximum atomic E-state index is 11.1. The van der Waals surface area contributed by atoms with Crippen LogP contribution in [-0.4, -0.2) is 41.3 Å². The zero-order valence-corrected chi connectivity index (χ0v) is 9.09. The van der Waals surface area contributed by atoms with Crippen molar-refractivity contribution in [2.45, 2.75) is 19.1 Å². The summed E-state index contributed by atoms with van der Waals surface area (Å²) in [6, 6.07) is -1.40. The second-order valence-corrected chi connectivity index (χ2v) is 4.17. The predicted molar refractivity (Wildman–Crippen MR) is 51.0 cm³/mol. The molecule has 3 atom stereocenters. The van der Waals surface area contributed by atoms with E-state index in [1.54, 1.807) is 0 Å². The zero-order chi connectivity index (χ0) is 12.1. The third-order valence-corrected chi connectivity index (χ3v) is 2.57. The van der Waals surface area contributed by atoms with Gasteiger partial charge in [0, 0.05) is 6.54 Å². The number of phosphoric ester groups is 1. The summed E-state index contributed by atoms with van der Waals surface area (Å²) in [4.78, 5) is 19.5. The Morgan fingerprint density at radius 3 is 2.53 bits per heavy atom. The van der Waals surface area contributed by atoms with Crippen LogP contribution >= 0.6 is 7.82 Å². The average Bonchev–Trinajstić information content (AvgIpc) is 2.12. The fourth-order valence-corrected chi connectivity index (χ4v) is 1.62. The lowest BCUT2D eigenvalue weighted by Crippen LogP contribution is -2.41. The van der Waals surface area contributed by atoms with E-state index in [0.29, 0.717) is 0 Å². The number of hydrogen-bond donors (Lipinski definition) is 4. The Morgan fingerprint density at radius 2 is 2.13 bits per heavy atom. The van der Waals surface area contributed by atoms with Gasteiger partial charge >= 0.3 is 13.8 Å². The lowest BCUT2D eigenvalue weighted by molar-refractivity contribution is -0.140. The minimum absolute atomic E-state index is 0.0489. The first-order valence-corrected chi connectivity index (χ1v) is 5.64. The fraction of sp³-hybridized carbons (Fsp3) is 0.833. The first-order chi connectivity index (χ1) is 6.80. The number of carboxylic acids is 1. The van der Waals surface area contributed by atoms with Crippen LogP contribution in [0.4, 0.5) is 0 Å². The molecule has 0 saturated heterocycles. The number of aliphatic carboxylic acids is 1. The summed E-state index contributed by atoms with van der Waals surface area (Å²) < 4.78 is 20.0. The molecule has 0 aliphatic rings. The molecule has 8 nitrogen and oxygen atoms in total. The van der Waals surface area contributed by atoms with Gasteiger partial charge in [-0.3, -0.25) is 13.8 Å². The summed E-state index contributed by atoms with van der Waals surface area (Å²) in [5, 5.41) is 8.49. The van der Waals surface area contributed by atoms with Crippen LogP contribution in [-0.2, 0) is 18.4 Å². The smallest absolute Gasteiger partial charge is 0.472 e. The highest BCUT2D eigenvalue weighted by Crippen LogP contribution is 2.44. The van der Waals surface area contributed by atoms with E-state index in [0.717, 1.165) is 0 Å². The summed E-state index contributed by atoms with van der Waals surface area (Å²) in [6.07, 6.45) is -1.14. The van der Waals surface area contributed by atoms with Gasteiger partial charge in [0.2, 0.25) is 0 Å². The molecule has 1 unspecified atom stereocenters. The van der Waals surface area contributed by atoms with Gasteiger partial charge in [0.25, 0.3) is 0 Å². The molecule has 90 valence electrons. The van der Waals surface area contributed by atoms with Gasteiger partial charge in [-0.2, -0.15) is 0 Å². The van der Waals surface area contributed by atoms with Gasteiger partial charge in [0.1, 0.15) is 6.04 Å². The highest BCUT2D eigenvalue weighted by molar-refractivity contribution is 7.47. The maximum Gasteiger partial charge on any atom is 0.472 e. The van der Waals surface area contributed by atoms with E-state index in [1.165, 1.54) is 6.92 Å². The molecule has 0 aromatic rings. The van der Waals surface area contributed by atoms with Gasteiger partial charge in [-0.25, -0.2) is 4.57 Å². The van der Waals surface area contributed by atoms with Gasteiger partial charge in [-0.1, -0.05) is 0 Å². The Labute approximate surface area is 86.8 Å². The van der Waals surface area contributed by atoms with E-state index >= 15 is 0 Å². The van der Waals surface area contributed by atoms with Gasteiger partial charge in [0.15, 0.2) is 0 Å². The van der Waals surface area contributed by atoms with Crippen LogP contribution in [0.3, 0.4) is 0 Å². The number of nitrogens with two attached hydrogens (primary N) is 2. The summed E-state index contributed by atoms with van der Waals surface area (Å²) >= 11 is 0. The highest BCUT2D eigenvalue weighted by atomic mass is 31.2. The standard InChI is InChI=1S/C6H15N2O6P/c1-4(5(8)6(9)10)14-15(11,12)13-3-2-7/h4-5H,2-3,7-8H2,1H3,(H,9,10)(H,11,12)/t4-,5-/m0/s1. The van der Waals surface area contributed by atoms with Crippen molar-refractivity contribution >= 4 is 13.8 Å². The van der Waals surface area contributed by atoms with Crippen LogP contribution < -0.4 is 11.5 Å². The molecule has 9 heteroatoms. The van der Waals surface area contributed by atoms with Crippen molar-refractivity contribution in [3.63, 3.8) is 0 Å². The predicted octanol–water partition coefficient (Wildman–Crippen LogP) is -1.12. The van der Waals surface area contributed by atoms with E-state index < -0.39 is 25.9 Å². The van der Waals surface area contributed by atoms with Crippen LogP contribution in [0, 0.1) is 0 Å². The Hall–Kier alpha value is -0.500. The number of carboxylic acid groups (broad SMARTS) is 1. The lowest BCUT2D eigenvalue weighted by Gasteiger charge is -2.19. The van der Waals surface area contributed by atoms with Crippen molar-refractivity contribution in [3.05, 3.63) is 0 Å². The second kappa shape index (κ2) is 6.16. The molecule has 0 rings (SSSR count). The van der Waals surface area contributed by atoms with E-state index in [-0.39, 0.29) is 13.2 Å². The van der Waals surface area contributed by atoms with Gasteiger partial charge < -0.3 is 21.5 Å². The second-order valence-electron chi connectivity index (χ2n) is 2.77. The third kappa shape index (κ3) is 5.83. The van der Waals surface area contributed by atoms with E-state index in [2.05, 4.69) is 9.05 Å². The monoisotopic (exact) mass is 242 g/mol. The molecule has 0 aliphatic carbocycles. The Bertz CT molecular complexity index is 260. The molecule has 0 aromatic carbocycles. The molecule has 0 fully saturated rings. The third-order valence-electron chi connectivity index (χ3n) is 1.46. The minimum Gasteiger partial charge on any atom is -0.480 e. The van der Waals surface area contributed by atoms with Crippen LogP contribution in [0.2, 0.25) is 0 Å². The molecule has 0 amide bonds. The van der Waals surface area contributed by atoms with Crippen LogP contribution in [0.1, 0.15) is 6.92 Å². The summed E-state index contributed by atoms with van der Waals surface area (Å²) in [6.45, 7) is 1.14. The van der Waals surface area contributed by atoms with E-state index in [9.17, 15) is 9.36 Å². The molecule has 0 spiro atoms. The Kier molecular flexibility index (Phi) is 5.96. The highest BCUT2D eigenvalue weighted by Gasteiger charge is 2.30. The largest absolute Gasteiger partial charge is 0.480 e. The normalized spacial score (nSPS) is 19.2. The number of phosphoric acid groups is 1. The summed E-state index contributed by atoms with van der Waals surface area (Å²) in [7, 11) is -4.28. The molecule has 0 radical (unpaired) electrons. The molecule has 6 N–H and O–H groups in total.